The number of fused-ring (bicyclic) bond motifs is 1. The van der Waals surface area contributed by atoms with Crippen LogP contribution in [0.15, 0.2) is 48.7 Å². The smallest absolute Gasteiger partial charge is 0.254 e. The van der Waals surface area contributed by atoms with E-state index in [2.05, 4.69) is 63.1 Å². The molecule has 0 saturated heterocycles. The molecule has 4 rings (SSSR count). The van der Waals surface area contributed by atoms with E-state index in [1.54, 1.807) is 30.5 Å². The van der Waals surface area contributed by atoms with Crippen molar-refractivity contribution < 1.29 is 9.18 Å². The molecule has 0 bridgehead atoms. The SMILES string of the molecule is CCNC(=O)c1cnc(Nc2ccc3c(c2)CCC(N(C)C)C3)cc1Nc1cccc(C(C)(C)F)n1. The number of alkyl halides is 1. The molecule has 1 atom stereocenters. The molecule has 0 radical (unpaired) electrons. The molecule has 36 heavy (non-hydrogen) atoms. The second kappa shape index (κ2) is 10.6. The number of hydrogen-bond acceptors (Lipinski definition) is 6. The Balaban J connectivity index is 1.60. The Morgan fingerprint density at radius 2 is 1.92 bits per heavy atom. The van der Waals surface area contributed by atoms with Crippen LogP contribution in [-0.4, -0.2) is 47.5 Å². The summed E-state index contributed by atoms with van der Waals surface area (Å²) >= 11 is 0. The van der Waals surface area contributed by atoms with Gasteiger partial charge in [-0.1, -0.05) is 12.1 Å². The number of nitrogens with one attached hydrogen (secondary N) is 3. The van der Waals surface area contributed by atoms with Gasteiger partial charge in [0, 0.05) is 30.5 Å². The minimum absolute atomic E-state index is 0.245. The fourth-order valence-electron chi connectivity index (χ4n) is 4.44. The van der Waals surface area contributed by atoms with Crippen LogP contribution < -0.4 is 16.0 Å². The standard InChI is InChI=1S/C28H35FN6O/c1-6-30-27(36)22-17-31-26(16-23(22)33-25-9-7-8-24(34-25)28(2,3)29)32-20-12-10-19-15-21(35(4)5)13-11-18(19)14-20/h7-10,12,14,16-17,21H,6,11,13,15H2,1-5H3,(H,30,36)(H2,31,32,33,34). The van der Waals surface area contributed by atoms with Gasteiger partial charge in [0.2, 0.25) is 0 Å². The third-order valence-corrected chi connectivity index (χ3v) is 6.52. The van der Waals surface area contributed by atoms with Crippen LogP contribution in [0.3, 0.4) is 0 Å². The van der Waals surface area contributed by atoms with Gasteiger partial charge in [0.15, 0.2) is 0 Å². The number of likely N-dealkylation sites (N-methyl/N-ethyl adjacent to an activating group) is 1. The quantitative estimate of drug-likeness (QED) is 0.396. The zero-order valence-corrected chi connectivity index (χ0v) is 21.7. The highest BCUT2D eigenvalue weighted by Gasteiger charge is 2.22. The van der Waals surface area contributed by atoms with E-state index in [0.717, 1.165) is 24.9 Å². The van der Waals surface area contributed by atoms with Crippen molar-refractivity contribution in [3.8, 4) is 0 Å². The molecule has 3 N–H and O–H groups in total. The fraction of sp³-hybridized carbons (Fsp3) is 0.393. The monoisotopic (exact) mass is 490 g/mol. The van der Waals surface area contributed by atoms with Crippen LogP contribution >= 0.6 is 0 Å². The van der Waals surface area contributed by atoms with E-state index in [0.29, 0.717) is 41.2 Å². The lowest BCUT2D eigenvalue weighted by Gasteiger charge is -2.30. The molecule has 0 saturated carbocycles. The number of hydrogen-bond donors (Lipinski definition) is 3. The van der Waals surface area contributed by atoms with Crippen LogP contribution in [0.5, 0.6) is 0 Å². The maximum Gasteiger partial charge on any atom is 0.254 e. The van der Waals surface area contributed by atoms with Gasteiger partial charge < -0.3 is 20.9 Å². The van der Waals surface area contributed by atoms with E-state index in [1.165, 1.54) is 25.0 Å². The number of carbonyl (C=O) groups is 1. The maximum atomic E-state index is 14.5. The van der Waals surface area contributed by atoms with Crippen LogP contribution in [0, 0.1) is 0 Å². The van der Waals surface area contributed by atoms with Gasteiger partial charge in [-0.05, 0) is 89.5 Å². The molecule has 1 amide bonds. The minimum Gasteiger partial charge on any atom is -0.352 e. The molecule has 1 unspecified atom stereocenters. The Morgan fingerprint density at radius 1 is 1.11 bits per heavy atom. The summed E-state index contributed by atoms with van der Waals surface area (Å²) in [4.78, 5) is 23.9. The number of benzene rings is 1. The number of nitrogens with zero attached hydrogens (tertiary/aromatic N) is 3. The number of aromatic nitrogens is 2. The van der Waals surface area contributed by atoms with Crippen molar-refractivity contribution in [2.75, 3.05) is 31.3 Å². The van der Waals surface area contributed by atoms with Gasteiger partial charge in [-0.3, -0.25) is 4.79 Å². The Hall–Kier alpha value is -3.52. The number of aryl methyl sites for hydroxylation is 1. The lowest BCUT2D eigenvalue weighted by molar-refractivity contribution is 0.0956. The average Bonchev–Trinajstić information content (AvgIpc) is 2.83. The first kappa shape index (κ1) is 25.6. The van der Waals surface area contributed by atoms with Crippen LogP contribution in [0.4, 0.5) is 27.4 Å². The van der Waals surface area contributed by atoms with Crippen molar-refractivity contribution >= 4 is 28.9 Å². The van der Waals surface area contributed by atoms with E-state index in [4.69, 9.17) is 0 Å². The van der Waals surface area contributed by atoms with Crippen molar-refractivity contribution in [3.05, 3.63) is 71.0 Å². The third-order valence-electron chi connectivity index (χ3n) is 6.52. The van der Waals surface area contributed by atoms with Gasteiger partial charge in [0.05, 0.1) is 16.9 Å². The van der Waals surface area contributed by atoms with Gasteiger partial charge in [-0.25, -0.2) is 14.4 Å². The van der Waals surface area contributed by atoms with Gasteiger partial charge in [-0.2, -0.15) is 0 Å². The number of rotatable bonds is 8. The minimum atomic E-state index is -1.58. The van der Waals surface area contributed by atoms with Crippen LogP contribution in [0.1, 0.15) is 54.4 Å². The molecule has 1 aliphatic rings. The summed E-state index contributed by atoms with van der Waals surface area (Å²) in [6, 6.07) is 13.9. The van der Waals surface area contributed by atoms with Gasteiger partial charge >= 0.3 is 0 Å². The second-order valence-electron chi connectivity index (χ2n) is 9.95. The zero-order valence-electron chi connectivity index (χ0n) is 21.7. The Labute approximate surface area is 212 Å². The lowest BCUT2D eigenvalue weighted by Crippen LogP contribution is -2.33. The second-order valence-corrected chi connectivity index (χ2v) is 9.95. The number of carbonyl (C=O) groups excluding carboxylic acids is 1. The summed E-state index contributed by atoms with van der Waals surface area (Å²) in [6.07, 6.45) is 4.77. The summed E-state index contributed by atoms with van der Waals surface area (Å²) in [5, 5.41) is 9.38. The molecule has 8 heteroatoms. The molecular formula is C28H35FN6O. The van der Waals surface area contributed by atoms with E-state index >= 15 is 0 Å². The topological polar surface area (TPSA) is 82.2 Å². The molecule has 3 aromatic rings. The van der Waals surface area contributed by atoms with Crippen LogP contribution in [0.25, 0.3) is 0 Å². The van der Waals surface area contributed by atoms with Gasteiger partial charge in [0.25, 0.3) is 5.91 Å². The van der Waals surface area contributed by atoms with Crippen molar-refractivity contribution in [1.82, 2.24) is 20.2 Å². The largest absolute Gasteiger partial charge is 0.352 e. The highest BCUT2D eigenvalue weighted by molar-refractivity contribution is 6.00. The van der Waals surface area contributed by atoms with Gasteiger partial charge in [0.1, 0.15) is 17.3 Å². The Morgan fingerprint density at radius 3 is 2.64 bits per heavy atom. The highest BCUT2D eigenvalue weighted by atomic mass is 19.1. The summed E-state index contributed by atoms with van der Waals surface area (Å²) in [5.41, 5.74) is 3.33. The maximum absolute atomic E-state index is 14.5. The first-order valence-electron chi connectivity index (χ1n) is 12.4. The first-order valence-corrected chi connectivity index (χ1v) is 12.4. The van der Waals surface area contributed by atoms with E-state index in [1.807, 2.05) is 6.92 Å². The summed E-state index contributed by atoms with van der Waals surface area (Å²) in [7, 11) is 4.27. The summed E-state index contributed by atoms with van der Waals surface area (Å²) in [6.45, 7) is 5.28. The third kappa shape index (κ3) is 5.99. The van der Waals surface area contributed by atoms with E-state index < -0.39 is 5.67 Å². The predicted octanol–water partition coefficient (Wildman–Crippen LogP) is 5.34. The molecule has 0 fully saturated rings. The summed E-state index contributed by atoms with van der Waals surface area (Å²) < 4.78 is 14.5. The van der Waals surface area contributed by atoms with Crippen LogP contribution in [-0.2, 0) is 18.5 Å². The molecule has 1 aromatic carbocycles. The molecule has 0 spiro atoms. The number of anilines is 4. The lowest BCUT2D eigenvalue weighted by atomic mass is 9.87. The molecule has 2 heterocycles. The Kier molecular flexibility index (Phi) is 7.54. The van der Waals surface area contributed by atoms with Crippen molar-refractivity contribution in [2.24, 2.45) is 0 Å². The fourth-order valence-corrected chi connectivity index (χ4v) is 4.44. The molecule has 0 aliphatic heterocycles. The van der Waals surface area contributed by atoms with E-state index in [9.17, 15) is 9.18 Å². The normalized spacial score (nSPS) is 15.4. The van der Waals surface area contributed by atoms with Crippen LogP contribution in [0.2, 0.25) is 0 Å². The predicted molar refractivity (Wildman–Crippen MR) is 143 cm³/mol. The molecule has 190 valence electrons. The van der Waals surface area contributed by atoms with Crippen molar-refractivity contribution in [1.29, 1.82) is 0 Å². The van der Waals surface area contributed by atoms with E-state index in [-0.39, 0.29) is 5.91 Å². The zero-order chi connectivity index (χ0) is 25.9. The van der Waals surface area contributed by atoms with Crippen molar-refractivity contribution in [2.45, 2.75) is 51.7 Å². The summed E-state index contributed by atoms with van der Waals surface area (Å²) in [5.74, 6) is 0.796. The molecule has 1 aliphatic carbocycles. The molecule has 7 nitrogen and oxygen atoms in total. The van der Waals surface area contributed by atoms with Crippen molar-refractivity contribution in [3.63, 3.8) is 0 Å². The molecule has 2 aromatic heterocycles. The molecular weight excluding hydrogens is 455 g/mol. The average molecular weight is 491 g/mol. The Bertz CT molecular complexity index is 1240. The highest BCUT2D eigenvalue weighted by Crippen LogP contribution is 2.30. The number of amides is 1. The number of halogens is 1. The van der Waals surface area contributed by atoms with Gasteiger partial charge in [-0.15, -0.1) is 0 Å². The number of pyridine rings is 2. The first-order chi connectivity index (χ1) is 17.1.